The van der Waals surface area contributed by atoms with E-state index in [-0.39, 0.29) is 11.8 Å². The van der Waals surface area contributed by atoms with Crippen LogP contribution in [0.2, 0.25) is 16.6 Å². The zero-order valence-corrected chi connectivity index (χ0v) is 23.1. The van der Waals surface area contributed by atoms with Crippen molar-refractivity contribution in [1.82, 2.24) is 0 Å². The van der Waals surface area contributed by atoms with Gasteiger partial charge in [-0.1, -0.05) is 57.8 Å². The number of hydrogen-bond donors (Lipinski definition) is 0. The summed E-state index contributed by atoms with van der Waals surface area (Å²) in [6, 6.07) is 0. The molecule has 174 valence electrons. The second-order valence-corrected chi connectivity index (χ2v) is 20.2. The summed E-state index contributed by atoms with van der Waals surface area (Å²) in [5.74, 6) is 0. The average Bonchev–Trinajstić information content (AvgIpc) is 2.80. The summed E-state index contributed by atoms with van der Waals surface area (Å²) >= 11 is 0. The first-order valence-corrected chi connectivity index (χ1v) is 18.4. The standard InChI is InChI=1S/C23H46O4Si3/c1-19(2)24-20(3)30(23-17-11-6-12-18-23)26-28(21-13-7-4-8-14-21)25-29(27-30)22-15-9-5-10-16-22/h19-23,28-29H,4-18H2,1-3H3. The molecule has 0 aromatic rings. The Bertz CT molecular complexity index is 491. The molecular weight excluding hydrogens is 425 g/mol. The molecule has 4 aliphatic rings. The van der Waals surface area contributed by atoms with Gasteiger partial charge in [-0.3, -0.25) is 0 Å². The minimum absolute atomic E-state index is 0.127. The van der Waals surface area contributed by atoms with Gasteiger partial charge in [0, 0.05) is 5.54 Å². The molecule has 0 aromatic carbocycles. The number of rotatable bonds is 6. The van der Waals surface area contributed by atoms with Gasteiger partial charge in [0.25, 0.3) is 0 Å². The van der Waals surface area contributed by atoms with Crippen molar-refractivity contribution in [2.24, 2.45) is 0 Å². The van der Waals surface area contributed by atoms with Gasteiger partial charge in [-0.25, -0.2) is 0 Å². The van der Waals surface area contributed by atoms with E-state index in [1.807, 2.05) is 0 Å². The highest BCUT2D eigenvalue weighted by atomic mass is 28.5. The zero-order chi connectivity index (χ0) is 21.0. The van der Waals surface area contributed by atoms with E-state index in [9.17, 15) is 0 Å². The third-order valence-electron chi connectivity index (χ3n) is 8.16. The molecule has 0 radical (unpaired) electrons. The molecule has 3 aliphatic carbocycles. The van der Waals surface area contributed by atoms with Crippen molar-refractivity contribution in [1.29, 1.82) is 0 Å². The third kappa shape index (κ3) is 5.51. The SMILES string of the molecule is CC(C)OC(C)[Si]1(C2CCCCC2)O[SiH](C2CCCCC2)O[SiH](C2CCCCC2)O1. The van der Waals surface area contributed by atoms with Gasteiger partial charge in [0.05, 0.1) is 11.8 Å². The first kappa shape index (κ1) is 23.6. The predicted octanol–water partition coefficient (Wildman–Crippen LogP) is 6.29. The smallest absolute Gasteiger partial charge is 0.353 e. The fraction of sp³-hybridized carbons (Fsp3) is 1.00. The Kier molecular flexibility index (Phi) is 8.73. The Labute approximate surface area is 189 Å². The molecule has 4 fully saturated rings. The topological polar surface area (TPSA) is 36.9 Å². The van der Waals surface area contributed by atoms with Gasteiger partial charge in [0.2, 0.25) is 0 Å². The van der Waals surface area contributed by atoms with E-state index in [4.69, 9.17) is 17.1 Å². The average molecular weight is 471 g/mol. The molecule has 1 heterocycles. The van der Waals surface area contributed by atoms with Gasteiger partial charge >= 0.3 is 27.1 Å². The van der Waals surface area contributed by atoms with Crippen molar-refractivity contribution >= 4 is 27.1 Å². The van der Waals surface area contributed by atoms with Crippen LogP contribution in [-0.4, -0.2) is 39.0 Å². The van der Waals surface area contributed by atoms with Crippen molar-refractivity contribution in [3.8, 4) is 0 Å². The zero-order valence-electron chi connectivity index (χ0n) is 19.8. The molecule has 7 heteroatoms. The molecule has 1 aliphatic heterocycles. The fourth-order valence-electron chi connectivity index (χ4n) is 6.53. The van der Waals surface area contributed by atoms with Gasteiger partial charge in [-0.05, 0) is 70.4 Å². The molecule has 0 N–H and O–H groups in total. The Morgan fingerprint density at radius 2 is 1.10 bits per heavy atom. The highest BCUT2D eigenvalue weighted by Gasteiger charge is 2.59. The Hall–Kier alpha value is 0.491. The van der Waals surface area contributed by atoms with Gasteiger partial charge in [0.1, 0.15) is 0 Å². The maximum absolute atomic E-state index is 7.28. The molecule has 3 saturated carbocycles. The molecule has 0 amide bonds. The lowest BCUT2D eigenvalue weighted by Gasteiger charge is -2.52. The largest absolute Gasteiger partial charge is 0.420 e. The van der Waals surface area contributed by atoms with Crippen LogP contribution >= 0.6 is 0 Å². The molecule has 30 heavy (non-hydrogen) atoms. The molecular formula is C23H46O4Si3. The molecule has 0 spiro atoms. The van der Waals surface area contributed by atoms with Crippen LogP contribution in [0.3, 0.4) is 0 Å². The quantitative estimate of drug-likeness (QED) is 0.428. The second-order valence-electron chi connectivity index (χ2n) is 10.8. The summed E-state index contributed by atoms with van der Waals surface area (Å²) in [6.45, 7) is 6.64. The summed E-state index contributed by atoms with van der Waals surface area (Å²) in [6.07, 6.45) is 20.5. The minimum atomic E-state index is -2.47. The third-order valence-corrected chi connectivity index (χ3v) is 21.0. The van der Waals surface area contributed by atoms with Gasteiger partial charge in [-0.2, -0.15) is 0 Å². The molecule has 3 unspecified atom stereocenters. The van der Waals surface area contributed by atoms with Crippen LogP contribution in [0.1, 0.15) is 117 Å². The molecule has 4 nitrogen and oxygen atoms in total. The molecule has 4 rings (SSSR count). The lowest BCUT2D eigenvalue weighted by atomic mass is 10.0. The summed E-state index contributed by atoms with van der Waals surface area (Å²) in [5.41, 5.74) is 2.16. The van der Waals surface area contributed by atoms with Crippen LogP contribution in [0.25, 0.3) is 0 Å². The van der Waals surface area contributed by atoms with E-state index in [2.05, 4.69) is 20.8 Å². The Balaban J connectivity index is 1.63. The Morgan fingerprint density at radius 1 is 0.667 bits per heavy atom. The van der Waals surface area contributed by atoms with Crippen LogP contribution in [-0.2, 0) is 17.1 Å². The van der Waals surface area contributed by atoms with E-state index in [1.165, 1.54) is 96.3 Å². The van der Waals surface area contributed by atoms with E-state index >= 15 is 0 Å². The van der Waals surface area contributed by atoms with Gasteiger partial charge in [0.15, 0.2) is 0 Å². The van der Waals surface area contributed by atoms with Crippen molar-refractivity contribution in [2.45, 2.75) is 146 Å². The van der Waals surface area contributed by atoms with E-state index in [0.717, 1.165) is 0 Å². The van der Waals surface area contributed by atoms with Crippen LogP contribution in [0.4, 0.5) is 0 Å². The molecule has 1 saturated heterocycles. The monoisotopic (exact) mass is 470 g/mol. The van der Waals surface area contributed by atoms with Gasteiger partial charge in [-0.15, -0.1) is 0 Å². The van der Waals surface area contributed by atoms with Gasteiger partial charge < -0.3 is 17.1 Å². The number of ether oxygens (including phenoxy) is 1. The first-order valence-electron chi connectivity index (χ1n) is 13.2. The van der Waals surface area contributed by atoms with Crippen LogP contribution in [0.15, 0.2) is 0 Å². The van der Waals surface area contributed by atoms with E-state index < -0.39 is 27.1 Å². The minimum Gasteiger partial charge on any atom is -0.420 e. The highest BCUT2D eigenvalue weighted by Crippen LogP contribution is 2.48. The lowest BCUT2D eigenvalue weighted by molar-refractivity contribution is 0.0282. The maximum Gasteiger partial charge on any atom is 0.353 e. The summed E-state index contributed by atoms with van der Waals surface area (Å²) < 4.78 is 28.1. The number of hydrogen-bond acceptors (Lipinski definition) is 4. The summed E-state index contributed by atoms with van der Waals surface area (Å²) in [5, 5.41) is 0. The predicted molar refractivity (Wildman–Crippen MR) is 129 cm³/mol. The summed E-state index contributed by atoms with van der Waals surface area (Å²) in [4.78, 5) is 0. The fourth-order valence-corrected chi connectivity index (χ4v) is 23.4. The van der Waals surface area contributed by atoms with Crippen molar-refractivity contribution in [3.05, 3.63) is 0 Å². The highest BCUT2D eigenvalue weighted by molar-refractivity contribution is 6.85. The van der Waals surface area contributed by atoms with Crippen molar-refractivity contribution < 1.29 is 17.1 Å². The van der Waals surface area contributed by atoms with E-state index in [0.29, 0.717) is 16.6 Å². The van der Waals surface area contributed by atoms with E-state index in [1.54, 1.807) is 0 Å². The van der Waals surface area contributed by atoms with Crippen LogP contribution < -0.4 is 0 Å². The summed E-state index contributed by atoms with van der Waals surface area (Å²) in [7, 11) is -5.90. The molecule has 0 aromatic heterocycles. The molecule has 3 atom stereocenters. The van der Waals surface area contributed by atoms with Crippen molar-refractivity contribution in [2.75, 3.05) is 0 Å². The van der Waals surface area contributed by atoms with Crippen LogP contribution in [0, 0.1) is 0 Å². The normalized spacial score (nSPS) is 36.8. The maximum atomic E-state index is 7.28. The Morgan fingerprint density at radius 3 is 1.53 bits per heavy atom. The first-order chi connectivity index (χ1) is 14.6. The van der Waals surface area contributed by atoms with Crippen molar-refractivity contribution in [3.63, 3.8) is 0 Å². The lowest BCUT2D eigenvalue weighted by Crippen LogP contribution is -2.68. The molecule has 0 bridgehead atoms. The van der Waals surface area contributed by atoms with Crippen LogP contribution in [0.5, 0.6) is 0 Å². The second kappa shape index (κ2) is 11.1.